The number of hydrogen-bond donors (Lipinski definition) is 1. The van der Waals surface area contributed by atoms with E-state index in [2.05, 4.69) is 38.4 Å². The third-order valence-electron chi connectivity index (χ3n) is 4.41. The summed E-state index contributed by atoms with van der Waals surface area (Å²) in [6.45, 7) is 9.98. The average Bonchev–Trinajstić information content (AvgIpc) is 2.70. The van der Waals surface area contributed by atoms with Gasteiger partial charge in [-0.1, -0.05) is 46.5 Å². The second-order valence-electron chi connectivity index (χ2n) is 7.32. The molecule has 0 spiro atoms. The lowest BCUT2D eigenvalue weighted by molar-refractivity contribution is 0.335. The van der Waals surface area contributed by atoms with Gasteiger partial charge in [-0.3, -0.25) is 0 Å². The van der Waals surface area contributed by atoms with E-state index in [1.807, 2.05) is 0 Å². The van der Waals surface area contributed by atoms with Crippen molar-refractivity contribution in [2.75, 3.05) is 0 Å². The van der Waals surface area contributed by atoms with E-state index in [0.717, 1.165) is 12.5 Å². The standard InChI is InChI=1S/C17H30N2S/c1-13(14-9-7-5-6-8-10-14)18-11-15-12-20-16(19-15)17(2,3)4/h12-14,18H,5-11H2,1-4H3/t13-/m1/s1. The first-order chi connectivity index (χ1) is 9.47. The minimum atomic E-state index is 0.176. The van der Waals surface area contributed by atoms with Gasteiger partial charge >= 0.3 is 0 Å². The lowest BCUT2D eigenvalue weighted by Gasteiger charge is -2.23. The van der Waals surface area contributed by atoms with Crippen molar-refractivity contribution < 1.29 is 0 Å². The second kappa shape index (κ2) is 7.04. The van der Waals surface area contributed by atoms with Gasteiger partial charge in [0.25, 0.3) is 0 Å². The highest BCUT2D eigenvalue weighted by Crippen LogP contribution is 2.27. The predicted molar refractivity (Wildman–Crippen MR) is 88.3 cm³/mol. The summed E-state index contributed by atoms with van der Waals surface area (Å²) in [6, 6.07) is 0.618. The Morgan fingerprint density at radius 3 is 2.45 bits per heavy atom. The first-order valence-electron chi connectivity index (χ1n) is 8.15. The van der Waals surface area contributed by atoms with Gasteiger partial charge in [0, 0.05) is 23.4 Å². The average molecular weight is 295 g/mol. The third-order valence-corrected chi connectivity index (χ3v) is 5.72. The van der Waals surface area contributed by atoms with E-state index in [-0.39, 0.29) is 5.41 Å². The molecule has 2 nitrogen and oxygen atoms in total. The zero-order valence-corrected chi connectivity index (χ0v) is 14.4. The van der Waals surface area contributed by atoms with Crippen LogP contribution in [-0.2, 0) is 12.0 Å². The summed E-state index contributed by atoms with van der Waals surface area (Å²) in [7, 11) is 0. The van der Waals surface area contributed by atoms with Gasteiger partial charge in [0.15, 0.2) is 0 Å². The highest BCUT2D eigenvalue weighted by molar-refractivity contribution is 7.09. The maximum absolute atomic E-state index is 4.77. The van der Waals surface area contributed by atoms with Crippen LogP contribution in [0.2, 0.25) is 0 Å². The topological polar surface area (TPSA) is 24.9 Å². The van der Waals surface area contributed by atoms with Gasteiger partial charge < -0.3 is 5.32 Å². The van der Waals surface area contributed by atoms with Gasteiger partial charge in [-0.25, -0.2) is 4.98 Å². The van der Waals surface area contributed by atoms with Crippen LogP contribution in [-0.4, -0.2) is 11.0 Å². The van der Waals surface area contributed by atoms with Crippen LogP contribution in [0.3, 0.4) is 0 Å². The summed E-state index contributed by atoms with van der Waals surface area (Å²) in [6.07, 6.45) is 8.51. The number of aromatic nitrogens is 1. The molecule has 1 aromatic heterocycles. The van der Waals surface area contributed by atoms with E-state index in [1.165, 1.54) is 49.2 Å². The van der Waals surface area contributed by atoms with E-state index >= 15 is 0 Å². The Kier molecular flexibility index (Phi) is 5.62. The molecular weight excluding hydrogens is 264 g/mol. The van der Waals surface area contributed by atoms with Crippen molar-refractivity contribution in [2.24, 2.45) is 5.92 Å². The quantitative estimate of drug-likeness (QED) is 0.800. The first-order valence-corrected chi connectivity index (χ1v) is 9.03. The van der Waals surface area contributed by atoms with Crippen molar-refractivity contribution in [3.05, 3.63) is 16.1 Å². The van der Waals surface area contributed by atoms with E-state index in [0.29, 0.717) is 6.04 Å². The fraction of sp³-hybridized carbons (Fsp3) is 0.824. The summed E-state index contributed by atoms with van der Waals surface area (Å²) in [5.74, 6) is 0.859. The van der Waals surface area contributed by atoms with Crippen LogP contribution in [0.25, 0.3) is 0 Å². The van der Waals surface area contributed by atoms with Crippen LogP contribution in [0.1, 0.15) is 76.9 Å². The van der Waals surface area contributed by atoms with E-state index in [1.54, 1.807) is 11.3 Å². The molecule has 0 aliphatic heterocycles. The summed E-state index contributed by atoms with van der Waals surface area (Å²) in [5.41, 5.74) is 1.39. The number of rotatable bonds is 4. The molecule has 1 aliphatic carbocycles. The highest BCUT2D eigenvalue weighted by atomic mass is 32.1. The molecule has 0 amide bonds. The lowest BCUT2D eigenvalue weighted by atomic mass is 9.93. The van der Waals surface area contributed by atoms with Crippen LogP contribution in [0.5, 0.6) is 0 Å². The summed E-state index contributed by atoms with van der Waals surface area (Å²) in [4.78, 5) is 4.77. The number of nitrogens with zero attached hydrogens (tertiary/aromatic N) is 1. The molecule has 0 radical (unpaired) electrons. The molecule has 0 saturated heterocycles. The molecule has 3 heteroatoms. The Labute approximate surface area is 128 Å². The monoisotopic (exact) mass is 294 g/mol. The molecule has 114 valence electrons. The highest BCUT2D eigenvalue weighted by Gasteiger charge is 2.20. The molecule has 1 N–H and O–H groups in total. The summed E-state index contributed by atoms with van der Waals surface area (Å²) >= 11 is 1.80. The zero-order valence-electron chi connectivity index (χ0n) is 13.5. The second-order valence-corrected chi connectivity index (χ2v) is 8.17. The summed E-state index contributed by atoms with van der Waals surface area (Å²) in [5, 5.41) is 7.17. The van der Waals surface area contributed by atoms with Crippen molar-refractivity contribution in [2.45, 2.75) is 84.2 Å². The molecule has 2 rings (SSSR count). The van der Waals surface area contributed by atoms with Crippen molar-refractivity contribution in [3.8, 4) is 0 Å². The fourth-order valence-electron chi connectivity index (χ4n) is 2.98. The Hall–Kier alpha value is -0.410. The van der Waals surface area contributed by atoms with Gasteiger partial charge in [-0.15, -0.1) is 11.3 Å². The maximum atomic E-state index is 4.77. The fourth-order valence-corrected chi connectivity index (χ4v) is 3.88. The van der Waals surface area contributed by atoms with Crippen LogP contribution in [0.4, 0.5) is 0 Å². The van der Waals surface area contributed by atoms with Crippen LogP contribution in [0, 0.1) is 5.92 Å². The van der Waals surface area contributed by atoms with Gasteiger partial charge in [0.05, 0.1) is 10.7 Å². The molecule has 1 aromatic rings. The Morgan fingerprint density at radius 2 is 1.90 bits per heavy atom. The zero-order chi connectivity index (χ0) is 14.6. The maximum Gasteiger partial charge on any atom is 0.0982 e. The Bertz CT molecular complexity index is 397. The molecule has 0 unspecified atom stereocenters. The van der Waals surface area contributed by atoms with E-state index in [9.17, 15) is 0 Å². The number of hydrogen-bond acceptors (Lipinski definition) is 3. The van der Waals surface area contributed by atoms with E-state index < -0.39 is 0 Å². The molecule has 1 aliphatic rings. The third kappa shape index (κ3) is 4.56. The molecule has 1 atom stereocenters. The first kappa shape index (κ1) is 16.0. The lowest BCUT2D eigenvalue weighted by Crippen LogP contribution is -2.33. The van der Waals surface area contributed by atoms with Gasteiger partial charge in [-0.2, -0.15) is 0 Å². The molecule has 1 fully saturated rings. The number of nitrogens with one attached hydrogen (secondary N) is 1. The smallest absolute Gasteiger partial charge is 0.0982 e. The van der Waals surface area contributed by atoms with Gasteiger partial charge in [-0.05, 0) is 25.7 Å². The molecule has 1 heterocycles. The van der Waals surface area contributed by atoms with Gasteiger partial charge in [0.2, 0.25) is 0 Å². The molecule has 0 aromatic carbocycles. The molecular formula is C17H30N2S. The minimum absolute atomic E-state index is 0.176. The molecule has 1 saturated carbocycles. The van der Waals surface area contributed by atoms with Crippen molar-refractivity contribution in [1.82, 2.24) is 10.3 Å². The number of thiazole rings is 1. The molecule has 0 bridgehead atoms. The molecule has 20 heavy (non-hydrogen) atoms. The van der Waals surface area contributed by atoms with Crippen LogP contribution >= 0.6 is 11.3 Å². The Balaban J connectivity index is 1.83. The van der Waals surface area contributed by atoms with Gasteiger partial charge in [0.1, 0.15) is 0 Å². The van der Waals surface area contributed by atoms with Crippen molar-refractivity contribution in [1.29, 1.82) is 0 Å². The van der Waals surface area contributed by atoms with Crippen LogP contribution in [0.15, 0.2) is 5.38 Å². The van der Waals surface area contributed by atoms with Crippen LogP contribution < -0.4 is 5.32 Å². The normalized spacial score (nSPS) is 19.8. The minimum Gasteiger partial charge on any atom is -0.308 e. The van der Waals surface area contributed by atoms with Crippen molar-refractivity contribution in [3.63, 3.8) is 0 Å². The van der Waals surface area contributed by atoms with E-state index in [4.69, 9.17) is 4.98 Å². The SMILES string of the molecule is C[C@@H](NCc1csc(C(C)(C)C)n1)C1CCCCCC1. The largest absolute Gasteiger partial charge is 0.308 e. The van der Waals surface area contributed by atoms with Crippen molar-refractivity contribution >= 4 is 11.3 Å². The summed E-state index contributed by atoms with van der Waals surface area (Å²) < 4.78 is 0. The predicted octanol–water partition coefficient (Wildman–Crippen LogP) is 4.89. The Morgan fingerprint density at radius 1 is 1.25 bits per heavy atom.